The predicted octanol–water partition coefficient (Wildman–Crippen LogP) is 4.85. The molecule has 1 aliphatic carbocycles. The molecule has 16 heavy (non-hydrogen) atoms. The van der Waals surface area contributed by atoms with Crippen LogP contribution in [0.15, 0.2) is 4.47 Å². The lowest BCUT2D eigenvalue weighted by Gasteiger charge is -2.14. The monoisotopic (exact) mass is 322 g/mol. The van der Waals surface area contributed by atoms with Gasteiger partial charge in [-0.2, -0.15) is 0 Å². The number of nitrogens with zero attached hydrogens (tertiary/aromatic N) is 2. The largest absolute Gasteiger partial charge is 0.235 e. The molecule has 5 heteroatoms. The van der Waals surface area contributed by atoms with Crippen molar-refractivity contribution < 1.29 is 0 Å². The van der Waals surface area contributed by atoms with E-state index in [-0.39, 0.29) is 5.38 Å². The molecule has 0 aliphatic heterocycles. The van der Waals surface area contributed by atoms with E-state index in [9.17, 15) is 0 Å². The van der Waals surface area contributed by atoms with E-state index in [1.54, 1.807) is 0 Å². The molecule has 0 aromatic carbocycles. The molecule has 1 saturated carbocycles. The molecule has 1 heterocycles. The van der Waals surface area contributed by atoms with E-state index in [1.165, 1.54) is 25.7 Å². The maximum atomic E-state index is 6.08. The van der Waals surface area contributed by atoms with Crippen molar-refractivity contribution in [2.24, 2.45) is 0 Å². The average molecular weight is 324 g/mol. The van der Waals surface area contributed by atoms with Gasteiger partial charge in [0, 0.05) is 5.92 Å². The number of halogens is 3. The summed E-state index contributed by atoms with van der Waals surface area (Å²) in [5.41, 5.74) is 1.03. The van der Waals surface area contributed by atoms with Gasteiger partial charge in [-0.1, -0.05) is 24.4 Å². The number of alkyl halides is 1. The van der Waals surface area contributed by atoms with Crippen molar-refractivity contribution in [3.05, 3.63) is 21.1 Å². The third kappa shape index (κ3) is 2.52. The molecule has 2 rings (SSSR count). The Morgan fingerprint density at radius 1 is 1.31 bits per heavy atom. The lowest BCUT2D eigenvalue weighted by atomic mass is 10.0. The Bertz CT molecular complexity index is 390. The molecule has 1 fully saturated rings. The molecule has 1 unspecified atom stereocenters. The topological polar surface area (TPSA) is 25.8 Å². The molecular weight excluding hydrogens is 311 g/mol. The molecule has 0 saturated heterocycles. The Balaban J connectivity index is 2.41. The van der Waals surface area contributed by atoms with Gasteiger partial charge in [-0.25, -0.2) is 9.97 Å². The lowest BCUT2D eigenvalue weighted by Crippen LogP contribution is -2.05. The number of hydrogen-bond donors (Lipinski definition) is 0. The molecule has 0 N–H and O–H groups in total. The minimum Gasteiger partial charge on any atom is -0.235 e. The fourth-order valence-electron chi connectivity index (χ4n) is 2.10. The summed E-state index contributed by atoms with van der Waals surface area (Å²) in [5.74, 6) is 1.13. The van der Waals surface area contributed by atoms with Crippen molar-refractivity contribution in [1.29, 1.82) is 0 Å². The van der Waals surface area contributed by atoms with E-state index in [0.717, 1.165) is 10.2 Å². The zero-order valence-corrected chi connectivity index (χ0v) is 12.1. The van der Waals surface area contributed by atoms with Crippen LogP contribution < -0.4 is 0 Å². The first kappa shape index (κ1) is 12.6. The van der Waals surface area contributed by atoms with E-state index in [2.05, 4.69) is 25.9 Å². The molecule has 2 nitrogen and oxygen atoms in total. The van der Waals surface area contributed by atoms with Gasteiger partial charge >= 0.3 is 0 Å². The zero-order valence-electron chi connectivity index (χ0n) is 9.01. The molecule has 1 aromatic rings. The van der Waals surface area contributed by atoms with Crippen LogP contribution in [0.1, 0.15) is 55.4 Å². The van der Waals surface area contributed by atoms with Crippen LogP contribution in [0.2, 0.25) is 5.15 Å². The van der Waals surface area contributed by atoms with Gasteiger partial charge in [0.1, 0.15) is 11.0 Å². The summed E-state index contributed by atoms with van der Waals surface area (Å²) in [6.07, 6.45) is 4.90. The van der Waals surface area contributed by atoms with E-state index >= 15 is 0 Å². The van der Waals surface area contributed by atoms with Crippen LogP contribution in [0.25, 0.3) is 0 Å². The van der Waals surface area contributed by atoms with Crippen LogP contribution >= 0.6 is 39.1 Å². The Labute approximate surface area is 114 Å². The third-order valence-electron chi connectivity index (χ3n) is 2.95. The van der Waals surface area contributed by atoms with Crippen molar-refractivity contribution in [3.63, 3.8) is 0 Å². The van der Waals surface area contributed by atoms with Gasteiger partial charge in [-0.05, 0) is 35.7 Å². The molecule has 0 bridgehead atoms. The van der Waals surface area contributed by atoms with E-state index in [4.69, 9.17) is 23.2 Å². The summed E-state index contributed by atoms with van der Waals surface area (Å²) < 4.78 is 0.835. The summed E-state index contributed by atoms with van der Waals surface area (Å²) in [6, 6.07) is 0. The maximum absolute atomic E-state index is 6.08. The molecular formula is C11H13BrCl2N2. The van der Waals surface area contributed by atoms with Gasteiger partial charge in [0.2, 0.25) is 0 Å². The molecule has 0 radical (unpaired) electrons. The molecule has 0 spiro atoms. The highest BCUT2D eigenvalue weighted by Crippen LogP contribution is 2.39. The smallest absolute Gasteiger partial charge is 0.147 e. The first-order chi connectivity index (χ1) is 7.59. The minimum absolute atomic E-state index is 0.203. The Morgan fingerprint density at radius 2 is 1.94 bits per heavy atom. The van der Waals surface area contributed by atoms with Crippen LogP contribution in [-0.2, 0) is 0 Å². The number of aromatic nitrogens is 2. The second-order valence-corrected chi connectivity index (χ2v) is 5.97. The van der Waals surface area contributed by atoms with Crippen molar-refractivity contribution >= 4 is 39.1 Å². The normalized spacial score (nSPS) is 19.0. The van der Waals surface area contributed by atoms with E-state index < -0.39 is 0 Å². The summed E-state index contributed by atoms with van der Waals surface area (Å²) in [4.78, 5) is 8.72. The summed E-state index contributed by atoms with van der Waals surface area (Å²) >= 11 is 15.6. The van der Waals surface area contributed by atoms with Gasteiger partial charge in [-0.3, -0.25) is 0 Å². The quantitative estimate of drug-likeness (QED) is 0.574. The fraction of sp³-hybridized carbons (Fsp3) is 0.636. The van der Waals surface area contributed by atoms with Gasteiger partial charge in [0.15, 0.2) is 0 Å². The lowest BCUT2D eigenvalue weighted by molar-refractivity contribution is 0.678. The van der Waals surface area contributed by atoms with Gasteiger partial charge in [0.05, 0.1) is 15.5 Å². The maximum Gasteiger partial charge on any atom is 0.147 e. The average Bonchev–Trinajstić information content (AvgIpc) is 2.74. The number of rotatable bonds is 2. The highest BCUT2D eigenvalue weighted by atomic mass is 79.9. The van der Waals surface area contributed by atoms with Crippen molar-refractivity contribution in [3.8, 4) is 0 Å². The summed E-state index contributed by atoms with van der Waals surface area (Å²) in [6.45, 7) is 1.86. The van der Waals surface area contributed by atoms with Crippen LogP contribution in [0.5, 0.6) is 0 Å². The SMILES string of the molecule is CC(Cl)c1nc(Cl)c(Br)c(C2CCCC2)n1. The first-order valence-corrected chi connectivity index (χ1v) is 7.07. The standard InChI is InChI=1S/C11H13BrCl2N2/c1-6(13)11-15-9(7-4-2-3-5-7)8(12)10(14)16-11/h6-7H,2-5H2,1H3. The second-order valence-electron chi connectivity index (χ2n) is 4.17. The predicted molar refractivity (Wildman–Crippen MR) is 70.2 cm³/mol. The summed E-state index contributed by atoms with van der Waals surface area (Å²) in [5, 5.41) is 0.269. The van der Waals surface area contributed by atoms with Crippen molar-refractivity contribution in [2.75, 3.05) is 0 Å². The highest BCUT2D eigenvalue weighted by Gasteiger charge is 2.24. The van der Waals surface area contributed by atoms with Crippen molar-refractivity contribution in [2.45, 2.75) is 43.9 Å². The molecule has 1 atom stereocenters. The van der Waals surface area contributed by atoms with Gasteiger partial charge in [-0.15, -0.1) is 11.6 Å². The minimum atomic E-state index is -0.203. The van der Waals surface area contributed by atoms with Crippen molar-refractivity contribution in [1.82, 2.24) is 9.97 Å². The first-order valence-electron chi connectivity index (χ1n) is 5.46. The zero-order chi connectivity index (χ0) is 11.7. The van der Waals surface area contributed by atoms with Gasteiger partial charge in [0.25, 0.3) is 0 Å². The highest BCUT2D eigenvalue weighted by molar-refractivity contribution is 9.10. The molecule has 1 aliphatic rings. The molecule has 0 amide bonds. The van der Waals surface area contributed by atoms with Crippen LogP contribution in [0.4, 0.5) is 0 Å². The van der Waals surface area contributed by atoms with Crippen LogP contribution in [0.3, 0.4) is 0 Å². The fourth-order valence-corrected chi connectivity index (χ4v) is 2.88. The Hall–Kier alpha value is 0.140. The molecule has 88 valence electrons. The summed E-state index contributed by atoms with van der Waals surface area (Å²) in [7, 11) is 0. The van der Waals surface area contributed by atoms with E-state index in [1.807, 2.05) is 6.92 Å². The van der Waals surface area contributed by atoms with E-state index in [0.29, 0.717) is 16.9 Å². The second kappa shape index (κ2) is 5.19. The Kier molecular flexibility index (Phi) is 4.09. The number of hydrogen-bond acceptors (Lipinski definition) is 2. The van der Waals surface area contributed by atoms with Gasteiger partial charge < -0.3 is 0 Å². The third-order valence-corrected chi connectivity index (χ3v) is 4.43. The Morgan fingerprint density at radius 3 is 2.50 bits per heavy atom. The molecule has 1 aromatic heterocycles. The van der Waals surface area contributed by atoms with Crippen LogP contribution in [0, 0.1) is 0 Å². The van der Waals surface area contributed by atoms with Crippen LogP contribution in [-0.4, -0.2) is 9.97 Å².